The van der Waals surface area contributed by atoms with Crippen molar-refractivity contribution in [3.05, 3.63) is 0 Å². The van der Waals surface area contributed by atoms with Gasteiger partial charge in [0.25, 0.3) is 0 Å². The number of hydrogen-bond acceptors (Lipinski definition) is 2. The summed E-state index contributed by atoms with van der Waals surface area (Å²) in [7, 11) is 0. The van der Waals surface area contributed by atoms with Gasteiger partial charge in [0.1, 0.15) is 0 Å². The molecule has 0 amide bonds. The van der Waals surface area contributed by atoms with Crippen LogP contribution >= 0.6 is 0 Å². The Balaban J connectivity index is 1.53. The minimum Gasteiger partial charge on any atom is -0.378 e. The maximum absolute atomic E-state index is 5.95. The molecule has 0 unspecified atom stereocenters. The first-order chi connectivity index (χ1) is 7.45. The summed E-state index contributed by atoms with van der Waals surface area (Å²) in [5, 5.41) is 3.37. The average Bonchev–Trinajstić information content (AvgIpc) is 2.32. The van der Waals surface area contributed by atoms with Gasteiger partial charge in [0.05, 0.1) is 6.10 Å². The highest BCUT2D eigenvalue weighted by molar-refractivity contribution is 4.69. The van der Waals surface area contributed by atoms with Crippen LogP contribution in [0.5, 0.6) is 0 Å². The standard InChI is InChI=1S/C13H25NO/c1-2-4-12(5-3-1)8-11-15-13-6-9-14-10-7-13/h12-14H,1-11H2. The molecule has 1 saturated heterocycles. The van der Waals surface area contributed by atoms with Gasteiger partial charge in [-0.3, -0.25) is 0 Å². The van der Waals surface area contributed by atoms with E-state index in [1.54, 1.807) is 0 Å². The van der Waals surface area contributed by atoms with Crippen molar-refractivity contribution in [2.45, 2.75) is 57.5 Å². The summed E-state index contributed by atoms with van der Waals surface area (Å²) < 4.78 is 5.95. The van der Waals surface area contributed by atoms with Crippen molar-refractivity contribution in [3.8, 4) is 0 Å². The van der Waals surface area contributed by atoms with Gasteiger partial charge < -0.3 is 10.1 Å². The van der Waals surface area contributed by atoms with Crippen molar-refractivity contribution < 1.29 is 4.74 Å². The van der Waals surface area contributed by atoms with E-state index in [0.29, 0.717) is 6.10 Å². The van der Waals surface area contributed by atoms with E-state index < -0.39 is 0 Å². The van der Waals surface area contributed by atoms with E-state index in [0.717, 1.165) is 25.6 Å². The van der Waals surface area contributed by atoms with Crippen molar-refractivity contribution in [2.75, 3.05) is 19.7 Å². The second kappa shape index (κ2) is 6.49. The molecule has 1 heterocycles. The van der Waals surface area contributed by atoms with E-state index >= 15 is 0 Å². The Morgan fingerprint density at radius 2 is 1.67 bits per heavy atom. The fourth-order valence-corrected chi connectivity index (χ4v) is 2.84. The number of piperidine rings is 1. The normalized spacial score (nSPS) is 25.6. The number of nitrogens with one attached hydrogen (secondary N) is 1. The molecule has 2 nitrogen and oxygen atoms in total. The molecule has 2 rings (SSSR count). The van der Waals surface area contributed by atoms with Gasteiger partial charge in [-0.25, -0.2) is 0 Å². The Kier molecular flexibility index (Phi) is 4.94. The summed E-state index contributed by atoms with van der Waals surface area (Å²) in [6, 6.07) is 0. The Bertz CT molecular complexity index is 142. The molecular weight excluding hydrogens is 186 g/mol. The van der Waals surface area contributed by atoms with Crippen LogP contribution in [0.2, 0.25) is 0 Å². The average molecular weight is 211 g/mol. The molecule has 2 fully saturated rings. The topological polar surface area (TPSA) is 21.3 Å². The summed E-state index contributed by atoms with van der Waals surface area (Å²) in [6.45, 7) is 3.30. The van der Waals surface area contributed by atoms with Crippen LogP contribution in [0, 0.1) is 5.92 Å². The molecule has 1 saturated carbocycles. The SMILES string of the molecule is C1CCC(CCOC2CCNCC2)CC1. The molecule has 0 atom stereocenters. The molecule has 15 heavy (non-hydrogen) atoms. The van der Waals surface area contributed by atoms with Crippen LogP contribution in [0.25, 0.3) is 0 Å². The van der Waals surface area contributed by atoms with Crippen LogP contribution in [0.1, 0.15) is 51.4 Å². The predicted molar refractivity (Wildman–Crippen MR) is 63.0 cm³/mol. The van der Waals surface area contributed by atoms with Gasteiger partial charge in [0.15, 0.2) is 0 Å². The molecule has 2 heteroatoms. The van der Waals surface area contributed by atoms with Crippen LogP contribution in [0.3, 0.4) is 0 Å². The van der Waals surface area contributed by atoms with Gasteiger partial charge in [0.2, 0.25) is 0 Å². The van der Waals surface area contributed by atoms with Crippen molar-refractivity contribution >= 4 is 0 Å². The quantitative estimate of drug-likeness (QED) is 0.772. The van der Waals surface area contributed by atoms with Crippen molar-refractivity contribution in [1.82, 2.24) is 5.32 Å². The summed E-state index contributed by atoms with van der Waals surface area (Å²) in [5.74, 6) is 0.973. The van der Waals surface area contributed by atoms with Gasteiger partial charge in [-0.15, -0.1) is 0 Å². The van der Waals surface area contributed by atoms with Gasteiger partial charge >= 0.3 is 0 Å². The van der Waals surface area contributed by atoms with Crippen LogP contribution < -0.4 is 5.32 Å². The zero-order valence-electron chi connectivity index (χ0n) is 9.84. The lowest BCUT2D eigenvalue weighted by atomic mass is 9.87. The van der Waals surface area contributed by atoms with E-state index in [-0.39, 0.29) is 0 Å². The minimum atomic E-state index is 0.551. The smallest absolute Gasteiger partial charge is 0.0599 e. The third-order valence-electron chi connectivity index (χ3n) is 3.89. The lowest BCUT2D eigenvalue weighted by Crippen LogP contribution is -2.32. The van der Waals surface area contributed by atoms with Crippen molar-refractivity contribution in [3.63, 3.8) is 0 Å². The first kappa shape index (κ1) is 11.4. The number of ether oxygens (including phenoxy) is 1. The molecule has 1 aliphatic carbocycles. The van der Waals surface area contributed by atoms with E-state index in [9.17, 15) is 0 Å². The highest BCUT2D eigenvalue weighted by Gasteiger charge is 2.16. The molecule has 0 aromatic carbocycles. The monoisotopic (exact) mass is 211 g/mol. The fourth-order valence-electron chi connectivity index (χ4n) is 2.84. The van der Waals surface area contributed by atoms with Crippen LogP contribution in [-0.4, -0.2) is 25.8 Å². The van der Waals surface area contributed by atoms with E-state index in [2.05, 4.69) is 5.32 Å². The number of hydrogen-bond donors (Lipinski definition) is 1. The van der Waals surface area contributed by atoms with E-state index in [4.69, 9.17) is 4.74 Å². The minimum absolute atomic E-state index is 0.551. The van der Waals surface area contributed by atoms with Crippen LogP contribution in [-0.2, 0) is 4.74 Å². The second-order valence-corrected chi connectivity index (χ2v) is 5.11. The van der Waals surface area contributed by atoms with Crippen LogP contribution in [0.15, 0.2) is 0 Å². The molecule has 1 aliphatic heterocycles. The summed E-state index contributed by atoms with van der Waals surface area (Å²) in [5.41, 5.74) is 0. The third kappa shape index (κ3) is 4.12. The highest BCUT2D eigenvalue weighted by Crippen LogP contribution is 2.26. The Morgan fingerprint density at radius 3 is 2.40 bits per heavy atom. The first-order valence-corrected chi connectivity index (χ1v) is 6.77. The Morgan fingerprint density at radius 1 is 0.933 bits per heavy atom. The molecule has 0 aromatic rings. The third-order valence-corrected chi connectivity index (χ3v) is 3.89. The largest absolute Gasteiger partial charge is 0.378 e. The van der Waals surface area contributed by atoms with Crippen molar-refractivity contribution in [1.29, 1.82) is 0 Å². The molecule has 2 aliphatic rings. The lowest BCUT2D eigenvalue weighted by Gasteiger charge is -2.25. The second-order valence-electron chi connectivity index (χ2n) is 5.11. The molecule has 0 aromatic heterocycles. The summed E-state index contributed by atoms with van der Waals surface area (Å²) in [4.78, 5) is 0. The summed E-state index contributed by atoms with van der Waals surface area (Å²) in [6.07, 6.45) is 11.6. The summed E-state index contributed by atoms with van der Waals surface area (Å²) >= 11 is 0. The molecule has 88 valence electrons. The predicted octanol–water partition coefficient (Wildman–Crippen LogP) is 2.73. The number of rotatable bonds is 4. The Labute approximate surface area is 93.8 Å². The molecule has 0 bridgehead atoms. The van der Waals surface area contributed by atoms with Crippen LogP contribution in [0.4, 0.5) is 0 Å². The zero-order chi connectivity index (χ0) is 10.3. The van der Waals surface area contributed by atoms with Crippen molar-refractivity contribution in [2.24, 2.45) is 5.92 Å². The van der Waals surface area contributed by atoms with E-state index in [1.807, 2.05) is 0 Å². The molecule has 0 spiro atoms. The maximum Gasteiger partial charge on any atom is 0.0599 e. The van der Waals surface area contributed by atoms with Gasteiger partial charge in [-0.2, -0.15) is 0 Å². The molecule has 0 radical (unpaired) electrons. The fraction of sp³-hybridized carbons (Fsp3) is 1.00. The van der Waals surface area contributed by atoms with Gasteiger partial charge in [-0.1, -0.05) is 32.1 Å². The lowest BCUT2D eigenvalue weighted by molar-refractivity contribution is 0.0233. The Hall–Kier alpha value is -0.0800. The highest BCUT2D eigenvalue weighted by atomic mass is 16.5. The molecular formula is C13H25NO. The van der Waals surface area contributed by atoms with E-state index in [1.165, 1.54) is 51.4 Å². The first-order valence-electron chi connectivity index (χ1n) is 6.77. The zero-order valence-corrected chi connectivity index (χ0v) is 9.84. The maximum atomic E-state index is 5.95. The molecule has 1 N–H and O–H groups in total. The van der Waals surface area contributed by atoms with Gasteiger partial charge in [0, 0.05) is 6.61 Å². The van der Waals surface area contributed by atoms with Gasteiger partial charge in [-0.05, 0) is 38.3 Å².